The number of hydrogen-bond acceptors (Lipinski definition) is 2. The zero-order valence-corrected chi connectivity index (χ0v) is 11.1. The van der Waals surface area contributed by atoms with Crippen LogP contribution in [0.1, 0.15) is 39.5 Å². The van der Waals surface area contributed by atoms with E-state index in [-0.39, 0.29) is 0 Å². The molecular weight excluding hydrogens is 198 g/mol. The van der Waals surface area contributed by atoms with Crippen molar-refractivity contribution in [3.8, 4) is 0 Å². The minimum Gasteiger partial charge on any atom is -0.384 e. The molecule has 2 aliphatic rings. The van der Waals surface area contributed by atoms with Gasteiger partial charge in [0.1, 0.15) is 0 Å². The summed E-state index contributed by atoms with van der Waals surface area (Å²) in [6.07, 6.45) is 5.56. The molecule has 0 aromatic heterocycles. The second-order valence-electron chi connectivity index (χ2n) is 6.22. The summed E-state index contributed by atoms with van der Waals surface area (Å²) in [7, 11) is 1.87. The summed E-state index contributed by atoms with van der Waals surface area (Å²) < 4.78 is 5.57. The molecule has 2 fully saturated rings. The highest BCUT2D eigenvalue weighted by Gasteiger charge is 2.50. The van der Waals surface area contributed by atoms with E-state index in [1.165, 1.54) is 38.8 Å². The molecule has 2 heteroatoms. The molecule has 2 nitrogen and oxygen atoms in total. The summed E-state index contributed by atoms with van der Waals surface area (Å²) in [4.78, 5) is 0. The second-order valence-corrected chi connectivity index (χ2v) is 6.22. The topological polar surface area (TPSA) is 21.3 Å². The van der Waals surface area contributed by atoms with Crippen molar-refractivity contribution < 1.29 is 4.74 Å². The van der Waals surface area contributed by atoms with Gasteiger partial charge in [-0.05, 0) is 56.5 Å². The molecule has 1 N–H and O–H groups in total. The van der Waals surface area contributed by atoms with Crippen molar-refractivity contribution >= 4 is 0 Å². The minimum absolute atomic E-state index is 0.504. The van der Waals surface area contributed by atoms with Gasteiger partial charge in [-0.15, -0.1) is 0 Å². The minimum atomic E-state index is 0.504. The van der Waals surface area contributed by atoms with Gasteiger partial charge in [-0.3, -0.25) is 0 Å². The number of piperidine rings is 1. The Balaban J connectivity index is 2.09. The van der Waals surface area contributed by atoms with Gasteiger partial charge in [0.2, 0.25) is 0 Å². The first-order valence-corrected chi connectivity index (χ1v) is 6.88. The van der Waals surface area contributed by atoms with Crippen LogP contribution in [0.2, 0.25) is 0 Å². The van der Waals surface area contributed by atoms with Crippen molar-refractivity contribution in [1.29, 1.82) is 0 Å². The first-order chi connectivity index (χ1) is 7.69. The largest absolute Gasteiger partial charge is 0.384 e. The number of hydrogen-bond donors (Lipinski definition) is 1. The highest BCUT2D eigenvalue weighted by atomic mass is 16.5. The van der Waals surface area contributed by atoms with Crippen LogP contribution in [0.3, 0.4) is 0 Å². The van der Waals surface area contributed by atoms with Crippen LogP contribution in [0.4, 0.5) is 0 Å². The predicted molar refractivity (Wildman–Crippen MR) is 67.5 cm³/mol. The van der Waals surface area contributed by atoms with Crippen LogP contribution in [0.15, 0.2) is 0 Å². The maximum absolute atomic E-state index is 5.57. The smallest absolute Gasteiger partial charge is 0.0524 e. The Bertz CT molecular complexity index is 221. The van der Waals surface area contributed by atoms with Crippen LogP contribution in [0.25, 0.3) is 0 Å². The molecule has 94 valence electrons. The van der Waals surface area contributed by atoms with Crippen molar-refractivity contribution in [3.05, 3.63) is 0 Å². The van der Waals surface area contributed by atoms with Gasteiger partial charge in [-0.25, -0.2) is 0 Å². The third-order valence-corrected chi connectivity index (χ3v) is 4.53. The standard InChI is InChI=1S/C14H27NO/c1-11(2)8-13-9-15-7-6-14(13,10-16-3)12-4-5-12/h11-13,15H,4-10H2,1-3H3. The van der Waals surface area contributed by atoms with Crippen molar-refractivity contribution in [2.75, 3.05) is 26.8 Å². The molecule has 0 aromatic rings. The Morgan fingerprint density at radius 1 is 1.38 bits per heavy atom. The van der Waals surface area contributed by atoms with E-state index in [2.05, 4.69) is 19.2 Å². The monoisotopic (exact) mass is 225 g/mol. The van der Waals surface area contributed by atoms with Crippen LogP contribution < -0.4 is 5.32 Å². The lowest BCUT2D eigenvalue weighted by Gasteiger charge is -2.45. The van der Waals surface area contributed by atoms with E-state index >= 15 is 0 Å². The van der Waals surface area contributed by atoms with Crippen LogP contribution in [-0.4, -0.2) is 26.8 Å². The van der Waals surface area contributed by atoms with Gasteiger partial charge >= 0.3 is 0 Å². The summed E-state index contributed by atoms with van der Waals surface area (Å²) >= 11 is 0. The molecule has 0 bridgehead atoms. The van der Waals surface area contributed by atoms with Gasteiger partial charge in [0.25, 0.3) is 0 Å². The average molecular weight is 225 g/mol. The molecule has 1 aliphatic carbocycles. The Hall–Kier alpha value is -0.0800. The maximum atomic E-state index is 5.57. The van der Waals surface area contributed by atoms with Gasteiger partial charge in [-0.2, -0.15) is 0 Å². The molecule has 2 rings (SSSR count). The Morgan fingerprint density at radius 2 is 2.12 bits per heavy atom. The summed E-state index contributed by atoms with van der Waals surface area (Å²) in [5.41, 5.74) is 0.504. The SMILES string of the molecule is COCC1(C2CC2)CCNCC1CC(C)C. The summed E-state index contributed by atoms with van der Waals surface area (Å²) in [5.74, 6) is 2.59. The molecule has 1 heterocycles. The molecule has 2 unspecified atom stereocenters. The maximum Gasteiger partial charge on any atom is 0.0524 e. The lowest BCUT2D eigenvalue weighted by Crippen LogP contribution is -2.49. The van der Waals surface area contributed by atoms with E-state index in [0.29, 0.717) is 5.41 Å². The Labute approximate surface area is 100 Å². The van der Waals surface area contributed by atoms with Crippen LogP contribution in [0, 0.1) is 23.2 Å². The first-order valence-electron chi connectivity index (χ1n) is 6.88. The molecule has 0 amide bonds. The highest BCUT2D eigenvalue weighted by Crippen LogP contribution is 2.54. The summed E-state index contributed by atoms with van der Waals surface area (Å²) in [5, 5.41) is 3.58. The number of ether oxygens (including phenoxy) is 1. The molecular formula is C14H27NO. The van der Waals surface area contributed by atoms with Crippen molar-refractivity contribution in [3.63, 3.8) is 0 Å². The number of rotatable bonds is 5. The van der Waals surface area contributed by atoms with Gasteiger partial charge in [-0.1, -0.05) is 13.8 Å². The van der Waals surface area contributed by atoms with E-state index in [1.54, 1.807) is 0 Å². The molecule has 1 saturated heterocycles. The van der Waals surface area contributed by atoms with Crippen molar-refractivity contribution in [2.24, 2.45) is 23.2 Å². The van der Waals surface area contributed by atoms with Crippen molar-refractivity contribution in [1.82, 2.24) is 5.32 Å². The second kappa shape index (κ2) is 5.05. The summed E-state index contributed by atoms with van der Waals surface area (Å²) in [6.45, 7) is 8.07. The number of nitrogens with one attached hydrogen (secondary N) is 1. The molecule has 0 spiro atoms. The third-order valence-electron chi connectivity index (χ3n) is 4.53. The van der Waals surface area contributed by atoms with E-state index in [4.69, 9.17) is 4.74 Å². The fourth-order valence-corrected chi connectivity index (χ4v) is 3.66. The molecule has 16 heavy (non-hydrogen) atoms. The molecule has 1 saturated carbocycles. The van der Waals surface area contributed by atoms with Crippen LogP contribution in [0.5, 0.6) is 0 Å². The lowest BCUT2D eigenvalue weighted by molar-refractivity contribution is -0.0172. The van der Waals surface area contributed by atoms with E-state index in [9.17, 15) is 0 Å². The van der Waals surface area contributed by atoms with Crippen molar-refractivity contribution in [2.45, 2.75) is 39.5 Å². The zero-order valence-electron chi connectivity index (χ0n) is 11.1. The fraction of sp³-hybridized carbons (Fsp3) is 1.00. The zero-order chi connectivity index (χ0) is 11.6. The molecule has 0 aromatic carbocycles. The van der Waals surface area contributed by atoms with Gasteiger partial charge in [0.05, 0.1) is 6.61 Å². The Kier molecular flexibility index (Phi) is 3.91. The normalized spacial score (nSPS) is 35.6. The first kappa shape index (κ1) is 12.4. The van der Waals surface area contributed by atoms with Crippen LogP contribution >= 0.6 is 0 Å². The molecule has 2 atom stereocenters. The third kappa shape index (κ3) is 2.43. The predicted octanol–water partition coefficient (Wildman–Crippen LogP) is 2.68. The van der Waals surface area contributed by atoms with Gasteiger partial charge in [0.15, 0.2) is 0 Å². The molecule has 0 radical (unpaired) electrons. The quantitative estimate of drug-likeness (QED) is 0.777. The van der Waals surface area contributed by atoms with E-state index in [1.807, 2.05) is 7.11 Å². The summed E-state index contributed by atoms with van der Waals surface area (Å²) in [6, 6.07) is 0. The van der Waals surface area contributed by atoms with E-state index in [0.717, 1.165) is 24.4 Å². The molecule has 1 aliphatic heterocycles. The number of methoxy groups -OCH3 is 1. The average Bonchev–Trinajstić information content (AvgIpc) is 3.04. The Morgan fingerprint density at radius 3 is 2.69 bits per heavy atom. The highest BCUT2D eigenvalue weighted by molar-refractivity contribution is 5.01. The fourth-order valence-electron chi connectivity index (χ4n) is 3.66. The van der Waals surface area contributed by atoms with Gasteiger partial charge in [0, 0.05) is 12.5 Å². The van der Waals surface area contributed by atoms with Crippen LogP contribution in [-0.2, 0) is 4.74 Å². The van der Waals surface area contributed by atoms with Gasteiger partial charge < -0.3 is 10.1 Å². The lowest BCUT2D eigenvalue weighted by atomic mass is 9.65. The van der Waals surface area contributed by atoms with E-state index < -0.39 is 0 Å².